The molecule has 22 heavy (non-hydrogen) atoms. The Bertz CT molecular complexity index is 904. The molecule has 0 aliphatic carbocycles. The molecule has 0 atom stereocenters. The summed E-state index contributed by atoms with van der Waals surface area (Å²) in [7, 11) is 0. The minimum Gasteiger partial charge on any atom is -0.508 e. The normalized spacial score (nSPS) is 10.8. The Balaban J connectivity index is 2.49. The Labute approximate surface area is 127 Å². The summed E-state index contributed by atoms with van der Waals surface area (Å²) in [5.74, 6) is -0.442. The summed E-state index contributed by atoms with van der Waals surface area (Å²) in [6, 6.07) is 10.5. The standard InChI is InChI=1S/C17H15N3O2/c1-9-10(4-2-6-14(9)21)15-11-5-3-7-20-13(11)8-12(16(15)18)17(19)22/h2-8,21H,18H2,1H3,(H2,19,22). The highest BCUT2D eigenvalue weighted by molar-refractivity contribution is 6.11. The minimum absolute atomic E-state index is 0.165. The number of nitrogens with zero attached hydrogens (tertiary/aromatic N) is 1. The van der Waals surface area contributed by atoms with Gasteiger partial charge in [-0.1, -0.05) is 18.2 Å². The Morgan fingerprint density at radius 2 is 2.00 bits per heavy atom. The lowest BCUT2D eigenvalue weighted by molar-refractivity contribution is 0.100. The molecule has 5 N–H and O–H groups in total. The number of carbonyl (C=O) groups excluding carboxylic acids is 1. The number of primary amides is 1. The fourth-order valence-electron chi connectivity index (χ4n) is 2.63. The number of aromatic hydroxyl groups is 1. The first-order valence-corrected chi connectivity index (χ1v) is 6.76. The summed E-state index contributed by atoms with van der Waals surface area (Å²) in [5, 5.41) is 10.8. The minimum atomic E-state index is -0.607. The van der Waals surface area contributed by atoms with Gasteiger partial charge in [0, 0.05) is 17.1 Å². The molecule has 0 fully saturated rings. The molecule has 2 aromatic carbocycles. The van der Waals surface area contributed by atoms with Gasteiger partial charge in [-0.15, -0.1) is 0 Å². The maximum atomic E-state index is 11.7. The zero-order valence-corrected chi connectivity index (χ0v) is 12.0. The number of pyridine rings is 1. The molecular weight excluding hydrogens is 278 g/mol. The van der Waals surface area contributed by atoms with Crippen LogP contribution in [0.25, 0.3) is 22.0 Å². The van der Waals surface area contributed by atoms with E-state index in [-0.39, 0.29) is 11.3 Å². The average Bonchev–Trinajstić information content (AvgIpc) is 2.50. The summed E-state index contributed by atoms with van der Waals surface area (Å²) in [4.78, 5) is 15.9. The summed E-state index contributed by atoms with van der Waals surface area (Å²) in [5.41, 5.74) is 14.9. The average molecular weight is 293 g/mol. The summed E-state index contributed by atoms with van der Waals surface area (Å²) in [6.07, 6.45) is 1.64. The molecule has 1 heterocycles. The van der Waals surface area contributed by atoms with E-state index in [2.05, 4.69) is 4.98 Å². The van der Waals surface area contributed by atoms with Gasteiger partial charge in [0.15, 0.2) is 0 Å². The van der Waals surface area contributed by atoms with Crippen LogP contribution in [0, 0.1) is 6.92 Å². The van der Waals surface area contributed by atoms with Gasteiger partial charge < -0.3 is 16.6 Å². The molecule has 0 saturated carbocycles. The highest BCUT2D eigenvalue weighted by Crippen LogP contribution is 2.39. The lowest BCUT2D eigenvalue weighted by Gasteiger charge is -2.15. The molecule has 3 rings (SSSR count). The fraction of sp³-hybridized carbons (Fsp3) is 0.0588. The van der Waals surface area contributed by atoms with E-state index < -0.39 is 5.91 Å². The number of hydrogen-bond donors (Lipinski definition) is 3. The number of nitrogens with two attached hydrogens (primary N) is 2. The third kappa shape index (κ3) is 2.03. The van der Waals surface area contributed by atoms with Gasteiger partial charge in [-0.3, -0.25) is 9.78 Å². The van der Waals surface area contributed by atoms with Crippen LogP contribution < -0.4 is 11.5 Å². The highest BCUT2D eigenvalue weighted by atomic mass is 16.3. The second-order valence-electron chi connectivity index (χ2n) is 5.10. The topological polar surface area (TPSA) is 102 Å². The van der Waals surface area contributed by atoms with Gasteiger partial charge >= 0.3 is 0 Å². The van der Waals surface area contributed by atoms with Crippen LogP contribution >= 0.6 is 0 Å². The zero-order valence-electron chi connectivity index (χ0n) is 12.0. The molecule has 5 nitrogen and oxygen atoms in total. The molecule has 0 aliphatic heterocycles. The number of phenols is 1. The van der Waals surface area contributed by atoms with Crippen molar-refractivity contribution in [2.24, 2.45) is 5.73 Å². The van der Waals surface area contributed by atoms with Gasteiger partial charge in [-0.05, 0) is 36.2 Å². The van der Waals surface area contributed by atoms with Crippen LogP contribution in [-0.2, 0) is 0 Å². The number of rotatable bonds is 2. The molecule has 0 spiro atoms. The number of carbonyl (C=O) groups is 1. The van der Waals surface area contributed by atoms with E-state index in [4.69, 9.17) is 11.5 Å². The summed E-state index contributed by atoms with van der Waals surface area (Å²) < 4.78 is 0. The molecule has 1 aromatic heterocycles. The van der Waals surface area contributed by atoms with E-state index >= 15 is 0 Å². The van der Waals surface area contributed by atoms with Crippen molar-refractivity contribution in [3.63, 3.8) is 0 Å². The van der Waals surface area contributed by atoms with Crippen molar-refractivity contribution in [2.75, 3.05) is 5.73 Å². The highest BCUT2D eigenvalue weighted by Gasteiger charge is 2.18. The molecule has 110 valence electrons. The maximum absolute atomic E-state index is 11.7. The first-order chi connectivity index (χ1) is 10.5. The van der Waals surface area contributed by atoms with Crippen molar-refractivity contribution in [3.8, 4) is 16.9 Å². The second-order valence-corrected chi connectivity index (χ2v) is 5.10. The molecule has 1 amide bonds. The van der Waals surface area contributed by atoms with Crippen LogP contribution in [0.4, 0.5) is 5.69 Å². The van der Waals surface area contributed by atoms with Crippen molar-refractivity contribution in [2.45, 2.75) is 6.92 Å². The van der Waals surface area contributed by atoms with Crippen molar-refractivity contribution in [1.82, 2.24) is 4.98 Å². The molecule has 5 heteroatoms. The van der Waals surface area contributed by atoms with Crippen LogP contribution in [0.15, 0.2) is 42.6 Å². The van der Waals surface area contributed by atoms with E-state index in [1.165, 1.54) is 0 Å². The number of fused-ring (bicyclic) bond motifs is 1. The number of anilines is 1. The first kappa shape index (κ1) is 13.9. The number of aromatic nitrogens is 1. The van der Waals surface area contributed by atoms with Gasteiger partial charge in [0.05, 0.1) is 16.8 Å². The van der Waals surface area contributed by atoms with E-state index in [1.54, 1.807) is 37.4 Å². The molecule has 0 aliphatic rings. The van der Waals surface area contributed by atoms with Crippen molar-refractivity contribution < 1.29 is 9.90 Å². The van der Waals surface area contributed by atoms with Crippen LogP contribution in [0.2, 0.25) is 0 Å². The second kappa shape index (κ2) is 5.04. The lowest BCUT2D eigenvalue weighted by Crippen LogP contribution is -2.14. The first-order valence-electron chi connectivity index (χ1n) is 6.76. The Kier molecular flexibility index (Phi) is 3.18. The Hall–Kier alpha value is -3.08. The monoisotopic (exact) mass is 293 g/mol. The predicted molar refractivity (Wildman–Crippen MR) is 86.5 cm³/mol. The Morgan fingerprint density at radius 1 is 1.23 bits per heavy atom. The molecule has 0 radical (unpaired) electrons. The van der Waals surface area contributed by atoms with Crippen molar-refractivity contribution >= 4 is 22.5 Å². The molecule has 0 unspecified atom stereocenters. The maximum Gasteiger partial charge on any atom is 0.250 e. The quantitative estimate of drug-likeness (QED) is 0.632. The van der Waals surface area contributed by atoms with E-state index in [1.807, 2.05) is 12.1 Å². The fourth-order valence-corrected chi connectivity index (χ4v) is 2.63. The number of phenolic OH excluding ortho intramolecular Hbond substituents is 1. The van der Waals surface area contributed by atoms with E-state index in [9.17, 15) is 9.90 Å². The third-order valence-electron chi connectivity index (χ3n) is 3.79. The lowest BCUT2D eigenvalue weighted by atomic mass is 9.92. The predicted octanol–water partition coefficient (Wildman–Crippen LogP) is 2.60. The van der Waals surface area contributed by atoms with Gasteiger partial charge in [0.2, 0.25) is 0 Å². The summed E-state index contributed by atoms with van der Waals surface area (Å²) in [6.45, 7) is 1.79. The molecular formula is C17H15N3O2. The van der Waals surface area contributed by atoms with Crippen LogP contribution in [0.5, 0.6) is 5.75 Å². The largest absolute Gasteiger partial charge is 0.508 e. The van der Waals surface area contributed by atoms with Crippen LogP contribution in [0.1, 0.15) is 15.9 Å². The van der Waals surface area contributed by atoms with Gasteiger partial charge in [0.25, 0.3) is 5.91 Å². The van der Waals surface area contributed by atoms with Crippen LogP contribution in [0.3, 0.4) is 0 Å². The SMILES string of the molecule is Cc1c(O)cccc1-c1c(N)c(C(N)=O)cc2ncccc12. The number of hydrogen-bond acceptors (Lipinski definition) is 4. The van der Waals surface area contributed by atoms with E-state index in [0.29, 0.717) is 22.3 Å². The molecule has 0 bridgehead atoms. The smallest absolute Gasteiger partial charge is 0.250 e. The van der Waals surface area contributed by atoms with Gasteiger partial charge in [-0.2, -0.15) is 0 Å². The molecule has 3 aromatic rings. The van der Waals surface area contributed by atoms with Crippen molar-refractivity contribution in [1.29, 1.82) is 0 Å². The van der Waals surface area contributed by atoms with Crippen LogP contribution in [-0.4, -0.2) is 16.0 Å². The van der Waals surface area contributed by atoms with Gasteiger partial charge in [-0.25, -0.2) is 0 Å². The van der Waals surface area contributed by atoms with Crippen molar-refractivity contribution in [3.05, 3.63) is 53.7 Å². The number of nitrogen functional groups attached to an aromatic ring is 1. The number of benzene rings is 2. The Morgan fingerprint density at radius 3 is 2.73 bits per heavy atom. The summed E-state index contributed by atoms with van der Waals surface area (Å²) >= 11 is 0. The van der Waals surface area contributed by atoms with Gasteiger partial charge in [0.1, 0.15) is 5.75 Å². The third-order valence-corrected chi connectivity index (χ3v) is 3.79. The number of amides is 1. The zero-order chi connectivity index (χ0) is 15.9. The molecule has 0 saturated heterocycles. The van der Waals surface area contributed by atoms with E-state index in [0.717, 1.165) is 10.9 Å².